The molecule has 3 rings (SSSR count). The standard InChI is InChI=1S/C23H33N5O/c1-18-7-5-8-21(19(18)2)27-13-15-28(16-14-27)23(29)20-9-10-22(25-17-20)24-11-6-12-26(3)4/h5,7-10,17H,6,11-16H2,1-4H3,(H,24,25). The van der Waals surface area contributed by atoms with Crippen molar-refractivity contribution in [3.63, 3.8) is 0 Å². The Kier molecular flexibility index (Phi) is 7.09. The van der Waals surface area contributed by atoms with E-state index in [0.29, 0.717) is 5.56 Å². The molecule has 6 nitrogen and oxygen atoms in total. The molecule has 1 aliphatic rings. The maximum Gasteiger partial charge on any atom is 0.255 e. The fourth-order valence-corrected chi connectivity index (χ4v) is 3.65. The average molecular weight is 396 g/mol. The molecule has 1 fully saturated rings. The second-order valence-corrected chi connectivity index (χ2v) is 8.01. The Morgan fingerprint density at radius 3 is 2.52 bits per heavy atom. The zero-order valence-electron chi connectivity index (χ0n) is 18.1. The number of hydrogen-bond acceptors (Lipinski definition) is 5. The van der Waals surface area contributed by atoms with Crippen LogP contribution in [0.4, 0.5) is 11.5 Å². The van der Waals surface area contributed by atoms with Gasteiger partial charge in [-0.3, -0.25) is 4.79 Å². The molecule has 2 heterocycles. The van der Waals surface area contributed by atoms with E-state index in [0.717, 1.165) is 51.5 Å². The van der Waals surface area contributed by atoms with Gasteiger partial charge in [-0.2, -0.15) is 0 Å². The van der Waals surface area contributed by atoms with Crippen LogP contribution in [-0.2, 0) is 0 Å². The Morgan fingerprint density at radius 2 is 1.86 bits per heavy atom. The van der Waals surface area contributed by atoms with Crippen molar-refractivity contribution in [3.05, 3.63) is 53.2 Å². The van der Waals surface area contributed by atoms with Crippen molar-refractivity contribution in [2.45, 2.75) is 20.3 Å². The van der Waals surface area contributed by atoms with Crippen LogP contribution in [-0.4, -0.2) is 74.1 Å². The van der Waals surface area contributed by atoms with Gasteiger partial charge in [0, 0.05) is 44.6 Å². The Labute approximate surface area is 174 Å². The minimum absolute atomic E-state index is 0.0669. The first-order valence-electron chi connectivity index (χ1n) is 10.4. The Morgan fingerprint density at radius 1 is 1.10 bits per heavy atom. The lowest BCUT2D eigenvalue weighted by Gasteiger charge is -2.37. The Hall–Kier alpha value is -2.60. The second kappa shape index (κ2) is 9.74. The molecule has 1 saturated heterocycles. The number of hydrogen-bond donors (Lipinski definition) is 1. The summed E-state index contributed by atoms with van der Waals surface area (Å²) < 4.78 is 0. The molecule has 0 radical (unpaired) electrons. The molecule has 2 aromatic rings. The lowest BCUT2D eigenvalue weighted by Crippen LogP contribution is -2.49. The minimum Gasteiger partial charge on any atom is -0.370 e. The van der Waals surface area contributed by atoms with Crippen molar-refractivity contribution < 1.29 is 4.79 Å². The van der Waals surface area contributed by atoms with Gasteiger partial charge >= 0.3 is 0 Å². The summed E-state index contributed by atoms with van der Waals surface area (Å²) in [6.45, 7) is 9.41. The monoisotopic (exact) mass is 395 g/mol. The van der Waals surface area contributed by atoms with Crippen LogP contribution >= 0.6 is 0 Å². The van der Waals surface area contributed by atoms with Gasteiger partial charge in [0.15, 0.2) is 0 Å². The summed E-state index contributed by atoms with van der Waals surface area (Å²) in [6.07, 6.45) is 2.74. The van der Waals surface area contributed by atoms with E-state index in [1.807, 2.05) is 17.0 Å². The second-order valence-electron chi connectivity index (χ2n) is 8.01. The zero-order chi connectivity index (χ0) is 20.8. The molecule has 1 aliphatic heterocycles. The maximum atomic E-state index is 12.9. The van der Waals surface area contributed by atoms with Crippen molar-refractivity contribution in [2.24, 2.45) is 0 Å². The first-order valence-corrected chi connectivity index (χ1v) is 10.4. The summed E-state index contributed by atoms with van der Waals surface area (Å²) in [7, 11) is 4.14. The number of benzene rings is 1. The summed E-state index contributed by atoms with van der Waals surface area (Å²) >= 11 is 0. The van der Waals surface area contributed by atoms with E-state index in [1.54, 1.807) is 6.20 Å². The average Bonchev–Trinajstić information content (AvgIpc) is 2.73. The van der Waals surface area contributed by atoms with Crippen LogP contribution in [0.2, 0.25) is 0 Å². The number of pyridine rings is 1. The van der Waals surface area contributed by atoms with Gasteiger partial charge in [0.1, 0.15) is 5.82 Å². The quantitative estimate of drug-likeness (QED) is 0.731. The van der Waals surface area contributed by atoms with E-state index >= 15 is 0 Å². The fourth-order valence-electron chi connectivity index (χ4n) is 3.65. The highest BCUT2D eigenvalue weighted by atomic mass is 16.2. The van der Waals surface area contributed by atoms with Gasteiger partial charge < -0.3 is 20.0 Å². The van der Waals surface area contributed by atoms with E-state index in [-0.39, 0.29) is 5.91 Å². The van der Waals surface area contributed by atoms with Crippen LogP contribution in [0.1, 0.15) is 27.9 Å². The highest BCUT2D eigenvalue weighted by molar-refractivity contribution is 5.94. The molecule has 1 aromatic carbocycles. The van der Waals surface area contributed by atoms with Gasteiger partial charge in [0.25, 0.3) is 5.91 Å². The van der Waals surface area contributed by atoms with Crippen LogP contribution in [0.15, 0.2) is 36.5 Å². The third kappa shape index (κ3) is 5.48. The van der Waals surface area contributed by atoms with Gasteiger partial charge in [-0.25, -0.2) is 4.98 Å². The zero-order valence-corrected chi connectivity index (χ0v) is 18.1. The predicted molar refractivity (Wildman–Crippen MR) is 120 cm³/mol. The van der Waals surface area contributed by atoms with Crippen molar-refractivity contribution in [2.75, 3.05) is 63.6 Å². The van der Waals surface area contributed by atoms with Crippen molar-refractivity contribution >= 4 is 17.4 Å². The molecule has 29 heavy (non-hydrogen) atoms. The third-order valence-corrected chi connectivity index (χ3v) is 5.58. The van der Waals surface area contributed by atoms with E-state index < -0.39 is 0 Å². The third-order valence-electron chi connectivity index (χ3n) is 5.58. The molecular weight excluding hydrogens is 362 g/mol. The Balaban J connectivity index is 1.52. The SMILES string of the molecule is Cc1cccc(N2CCN(C(=O)c3ccc(NCCCN(C)C)nc3)CC2)c1C. The number of anilines is 2. The number of amides is 1. The maximum absolute atomic E-state index is 12.9. The summed E-state index contributed by atoms with van der Waals surface area (Å²) in [5, 5.41) is 3.31. The molecule has 156 valence electrons. The van der Waals surface area contributed by atoms with Gasteiger partial charge in [0.2, 0.25) is 0 Å². The van der Waals surface area contributed by atoms with Crippen molar-refractivity contribution in [1.82, 2.24) is 14.8 Å². The van der Waals surface area contributed by atoms with Crippen LogP contribution in [0, 0.1) is 13.8 Å². The number of aryl methyl sites for hydroxylation is 1. The molecule has 1 aromatic heterocycles. The number of aromatic nitrogens is 1. The van der Waals surface area contributed by atoms with Crippen LogP contribution in [0.3, 0.4) is 0 Å². The van der Waals surface area contributed by atoms with Crippen LogP contribution in [0.5, 0.6) is 0 Å². The van der Waals surface area contributed by atoms with Crippen molar-refractivity contribution in [3.8, 4) is 0 Å². The fraction of sp³-hybridized carbons (Fsp3) is 0.478. The van der Waals surface area contributed by atoms with Gasteiger partial charge in [-0.15, -0.1) is 0 Å². The minimum atomic E-state index is 0.0669. The van der Waals surface area contributed by atoms with E-state index in [1.165, 1.54) is 16.8 Å². The van der Waals surface area contributed by atoms with Crippen LogP contribution in [0.25, 0.3) is 0 Å². The summed E-state index contributed by atoms with van der Waals surface area (Å²) in [5.41, 5.74) is 4.57. The van der Waals surface area contributed by atoms with E-state index in [2.05, 4.69) is 66.2 Å². The largest absolute Gasteiger partial charge is 0.370 e. The molecular formula is C23H33N5O. The number of rotatable bonds is 7. The summed E-state index contributed by atoms with van der Waals surface area (Å²) in [5.74, 6) is 0.886. The molecule has 6 heteroatoms. The predicted octanol–water partition coefficient (Wildman–Crippen LogP) is 3.02. The highest BCUT2D eigenvalue weighted by Gasteiger charge is 2.23. The molecule has 1 amide bonds. The van der Waals surface area contributed by atoms with Crippen molar-refractivity contribution in [1.29, 1.82) is 0 Å². The number of piperazine rings is 1. The first kappa shape index (κ1) is 21.1. The van der Waals surface area contributed by atoms with Gasteiger partial charge in [-0.05, 0) is 70.2 Å². The van der Waals surface area contributed by atoms with Gasteiger partial charge in [0.05, 0.1) is 5.56 Å². The number of nitrogens with one attached hydrogen (secondary N) is 1. The number of nitrogens with zero attached hydrogens (tertiary/aromatic N) is 4. The summed E-state index contributed by atoms with van der Waals surface area (Å²) in [6, 6.07) is 10.2. The molecule has 0 saturated carbocycles. The smallest absolute Gasteiger partial charge is 0.255 e. The summed E-state index contributed by atoms with van der Waals surface area (Å²) in [4.78, 5) is 23.7. The van der Waals surface area contributed by atoms with Crippen LogP contribution < -0.4 is 10.2 Å². The molecule has 0 spiro atoms. The Bertz CT molecular complexity index is 811. The number of carbonyl (C=O) groups excluding carboxylic acids is 1. The molecule has 0 atom stereocenters. The topological polar surface area (TPSA) is 51.7 Å². The highest BCUT2D eigenvalue weighted by Crippen LogP contribution is 2.24. The molecule has 1 N–H and O–H groups in total. The van der Waals surface area contributed by atoms with Gasteiger partial charge in [-0.1, -0.05) is 12.1 Å². The lowest BCUT2D eigenvalue weighted by molar-refractivity contribution is 0.0746. The lowest BCUT2D eigenvalue weighted by atomic mass is 10.1. The van der Waals surface area contributed by atoms with E-state index in [9.17, 15) is 4.79 Å². The molecule has 0 aliphatic carbocycles. The normalized spacial score (nSPS) is 14.4. The first-order chi connectivity index (χ1) is 14.0. The van der Waals surface area contributed by atoms with E-state index in [4.69, 9.17) is 0 Å². The molecule has 0 unspecified atom stereocenters. The number of carbonyl (C=O) groups is 1. The molecule has 0 bridgehead atoms.